The highest BCUT2D eigenvalue weighted by Gasteiger charge is 2.70. The Balaban J connectivity index is 1.46. The van der Waals surface area contributed by atoms with Crippen LogP contribution in [-0.2, 0) is 28.7 Å². The van der Waals surface area contributed by atoms with Crippen LogP contribution < -0.4 is 21.3 Å². The van der Waals surface area contributed by atoms with Crippen LogP contribution in [0.15, 0.2) is 30.3 Å². The molecule has 14 nitrogen and oxygen atoms in total. The Morgan fingerprint density at radius 2 is 1.58 bits per heavy atom. The lowest BCUT2D eigenvalue weighted by Crippen LogP contribution is -2.61. The van der Waals surface area contributed by atoms with E-state index in [1.807, 2.05) is 34.6 Å². The third-order valence-corrected chi connectivity index (χ3v) is 10.3. The molecule has 1 aliphatic heterocycles. The zero-order chi connectivity index (χ0) is 38.9. The van der Waals surface area contributed by atoms with Gasteiger partial charge in [-0.3, -0.25) is 24.0 Å². The topological polar surface area (TPSA) is 186 Å². The predicted octanol–water partition coefficient (Wildman–Crippen LogP) is 2.12. The molecule has 14 heteroatoms. The van der Waals surface area contributed by atoms with Crippen molar-refractivity contribution in [1.82, 2.24) is 31.1 Å². The number of carbonyl (C=O) groups is 6. The summed E-state index contributed by atoms with van der Waals surface area (Å²) in [5, 5.41) is 22.0. The third kappa shape index (κ3) is 9.81. The summed E-state index contributed by atoms with van der Waals surface area (Å²) < 4.78 is 5.44. The van der Waals surface area contributed by atoms with E-state index in [1.54, 1.807) is 65.2 Å². The second-order valence-electron chi connectivity index (χ2n) is 17.4. The lowest BCUT2D eigenvalue weighted by atomic mass is 9.85. The fourth-order valence-electron chi connectivity index (χ4n) is 7.16. The summed E-state index contributed by atoms with van der Waals surface area (Å²) in [6, 6.07) is 4.89. The molecule has 0 radical (unpaired) electrons. The van der Waals surface area contributed by atoms with Gasteiger partial charge in [0.15, 0.2) is 6.10 Å². The Kier molecular flexibility index (Phi) is 12.0. The van der Waals surface area contributed by atoms with Gasteiger partial charge in [0.1, 0.15) is 23.7 Å². The Bertz CT molecular complexity index is 1510. The zero-order valence-corrected chi connectivity index (χ0v) is 32.2. The number of carbonyl (C=O) groups excluding carboxylic acids is 6. The first-order valence-electron chi connectivity index (χ1n) is 18.1. The standard InChI is InChI=1S/C38H58N6O8/c1-36(2,3)30(42-35(51)52-37(4,5)6)34(50)44-20-23-26(38(23,7)8)28(44)31(47)40-24(18-21-16-17-21)29(46)32(48)39-19-25(45)41-27(33(49)43(9)10)22-14-12-11-13-15-22/h11-15,21,23-24,26-30,46H,16-20H2,1-10H3,(H,39,48)(H,40,47)(H,41,45)(H,42,51)/t23?,24?,26-,27-,28-,29?,30?/m0/s1. The maximum absolute atomic E-state index is 14.2. The Morgan fingerprint density at radius 1 is 0.962 bits per heavy atom. The minimum absolute atomic E-state index is 0.0575. The number of amides is 6. The quantitative estimate of drug-likeness (QED) is 0.205. The number of rotatable bonds is 13. The van der Waals surface area contributed by atoms with Crippen molar-refractivity contribution in [2.45, 2.75) is 111 Å². The molecule has 0 spiro atoms. The van der Waals surface area contributed by atoms with Crippen molar-refractivity contribution in [2.75, 3.05) is 27.2 Å². The van der Waals surface area contributed by atoms with Gasteiger partial charge in [-0.15, -0.1) is 0 Å². The van der Waals surface area contributed by atoms with Gasteiger partial charge >= 0.3 is 6.09 Å². The average molecular weight is 727 g/mol. The van der Waals surface area contributed by atoms with Crippen LogP contribution in [0, 0.1) is 28.6 Å². The predicted molar refractivity (Wildman–Crippen MR) is 193 cm³/mol. The van der Waals surface area contributed by atoms with E-state index >= 15 is 0 Å². The van der Waals surface area contributed by atoms with Crippen LogP contribution in [0.5, 0.6) is 0 Å². The van der Waals surface area contributed by atoms with Crippen LogP contribution >= 0.6 is 0 Å². The van der Waals surface area contributed by atoms with Crippen molar-refractivity contribution >= 4 is 35.6 Å². The third-order valence-electron chi connectivity index (χ3n) is 10.3. The number of nitrogens with one attached hydrogen (secondary N) is 4. The second kappa shape index (κ2) is 15.4. The molecule has 2 aliphatic carbocycles. The summed E-state index contributed by atoms with van der Waals surface area (Å²) in [5.74, 6) is -2.63. The number of likely N-dealkylation sites (N-methyl/N-ethyl adjacent to an activating group) is 1. The second-order valence-corrected chi connectivity index (χ2v) is 17.4. The molecule has 7 atom stereocenters. The number of nitrogens with zero attached hydrogens (tertiary/aromatic N) is 2. The largest absolute Gasteiger partial charge is 0.444 e. The SMILES string of the molecule is CN(C)C(=O)[C@@H](NC(=O)CNC(=O)C(O)C(CC1CC1)NC(=O)[C@@H]1[C@@H]2C(CN1C(=O)C(NC(=O)OC(C)(C)C)C(C)(C)C)C2(C)C)c1ccccc1. The summed E-state index contributed by atoms with van der Waals surface area (Å²) >= 11 is 0. The molecular formula is C38H58N6O8. The molecule has 5 N–H and O–H groups in total. The maximum Gasteiger partial charge on any atom is 0.408 e. The van der Waals surface area contributed by atoms with Crippen LogP contribution in [0.1, 0.15) is 86.3 Å². The molecule has 6 amide bonds. The first-order valence-corrected chi connectivity index (χ1v) is 18.1. The number of aliphatic hydroxyl groups excluding tert-OH is 1. The molecule has 288 valence electrons. The molecule has 4 unspecified atom stereocenters. The number of alkyl carbamates (subject to hydrolysis) is 1. The molecule has 1 aromatic rings. The van der Waals surface area contributed by atoms with Crippen LogP contribution in [-0.4, -0.2) is 108 Å². The van der Waals surface area contributed by atoms with E-state index in [0.717, 1.165) is 12.8 Å². The van der Waals surface area contributed by atoms with E-state index in [-0.39, 0.29) is 29.1 Å². The minimum atomic E-state index is -1.68. The van der Waals surface area contributed by atoms with Gasteiger partial charge in [0.2, 0.25) is 23.6 Å². The number of ether oxygens (including phenoxy) is 1. The normalized spacial score (nSPS) is 22.8. The number of hydrogen-bond donors (Lipinski definition) is 5. The van der Waals surface area contributed by atoms with Gasteiger partial charge in [-0.05, 0) is 61.3 Å². The molecule has 1 saturated heterocycles. The molecule has 52 heavy (non-hydrogen) atoms. The lowest BCUT2D eigenvalue weighted by molar-refractivity contribution is -0.145. The number of hydrogen-bond acceptors (Lipinski definition) is 8. The number of benzene rings is 1. The van der Waals surface area contributed by atoms with Crippen molar-refractivity contribution in [3.8, 4) is 0 Å². The van der Waals surface area contributed by atoms with Crippen LogP contribution in [0.4, 0.5) is 4.79 Å². The van der Waals surface area contributed by atoms with Gasteiger partial charge in [0, 0.05) is 20.6 Å². The van der Waals surface area contributed by atoms with Crippen LogP contribution in [0.25, 0.3) is 0 Å². The summed E-state index contributed by atoms with van der Waals surface area (Å²) in [6.07, 6.45) is -0.310. The van der Waals surface area contributed by atoms with Gasteiger partial charge in [0.25, 0.3) is 5.91 Å². The molecule has 3 aliphatic rings. The van der Waals surface area contributed by atoms with Crippen molar-refractivity contribution in [1.29, 1.82) is 0 Å². The van der Waals surface area contributed by atoms with Gasteiger partial charge in [0.05, 0.1) is 12.6 Å². The van der Waals surface area contributed by atoms with Gasteiger partial charge in [-0.25, -0.2) is 4.79 Å². The number of fused-ring (bicyclic) bond motifs is 1. The molecule has 4 rings (SSSR count). The summed E-state index contributed by atoms with van der Waals surface area (Å²) in [4.78, 5) is 83.1. The zero-order valence-electron chi connectivity index (χ0n) is 32.2. The number of likely N-dealkylation sites (tertiary alicyclic amines) is 1. The van der Waals surface area contributed by atoms with Crippen molar-refractivity contribution in [2.24, 2.45) is 28.6 Å². The van der Waals surface area contributed by atoms with E-state index in [2.05, 4.69) is 21.3 Å². The molecule has 3 fully saturated rings. The van der Waals surface area contributed by atoms with Gasteiger partial charge in [-0.2, -0.15) is 0 Å². The fraction of sp³-hybridized carbons (Fsp3) is 0.684. The van der Waals surface area contributed by atoms with Crippen LogP contribution in [0.3, 0.4) is 0 Å². The highest BCUT2D eigenvalue weighted by Crippen LogP contribution is 2.65. The van der Waals surface area contributed by atoms with E-state index in [0.29, 0.717) is 18.5 Å². The van der Waals surface area contributed by atoms with Gasteiger partial charge < -0.3 is 40.9 Å². The molecule has 0 aromatic heterocycles. The molecule has 0 bridgehead atoms. The minimum Gasteiger partial charge on any atom is -0.444 e. The maximum atomic E-state index is 14.2. The molecule has 1 aromatic carbocycles. The van der Waals surface area contributed by atoms with E-state index in [1.165, 1.54) is 9.80 Å². The van der Waals surface area contributed by atoms with E-state index < -0.39 is 77.6 Å². The van der Waals surface area contributed by atoms with Crippen molar-refractivity contribution in [3.63, 3.8) is 0 Å². The summed E-state index contributed by atoms with van der Waals surface area (Å²) in [7, 11) is 3.15. The molecule has 2 saturated carbocycles. The monoisotopic (exact) mass is 726 g/mol. The molecule has 1 heterocycles. The highest BCUT2D eigenvalue weighted by atomic mass is 16.6. The van der Waals surface area contributed by atoms with Crippen molar-refractivity contribution < 1.29 is 38.6 Å². The fourth-order valence-corrected chi connectivity index (χ4v) is 7.16. The van der Waals surface area contributed by atoms with Crippen molar-refractivity contribution in [3.05, 3.63) is 35.9 Å². The van der Waals surface area contributed by atoms with E-state index in [9.17, 15) is 33.9 Å². The average Bonchev–Trinajstić information content (AvgIpc) is 3.90. The number of piperidine rings is 1. The molecular weight excluding hydrogens is 668 g/mol. The van der Waals surface area contributed by atoms with Crippen LogP contribution in [0.2, 0.25) is 0 Å². The van der Waals surface area contributed by atoms with Gasteiger partial charge in [-0.1, -0.05) is 77.8 Å². The van der Waals surface area contributed by atoms with E-state index in [4.69, 9.17) is 4.74 Å². The summed E-state index contributed by atoms with van der Waals surface area (Å²) in [6.45, 7) is 14.6. The Morgan fingerprint density at radius 3 is 2.12 bits per heavy atom. The Hall–Kier alpha value is -4.20. The lowest BCUT2D eigenvalue weighted by Gasteiger charge is -2.38. The number of aliphatic hydroxyl groups is 1. The first kappa shape index (κ1) is 40.6. The first-order chi connectivity index (χ1) is 24.0. The Labute approximate surface area is 307 Å². The highest BCUT2D eigenvalue weighted by molar-refractivity contribution is 5.94. The summed E-state index contributed by atoms with van der Waals surface area (Å²) in [5.41, 5.74) is -1.13. The smallest absolute Gasteiger partial charge is 0.408 e.